The Bertz CT molecular complexity index is 1130. The van der Waals surface area contributed by atoms with Crippen LogP contribution in [0.15, 0.2) is 67.0 Å². The van der Waals surface area contributed by atoms with Gasteiger partial charge in [-0.25, -0.2) is 14.8 Å². The molecule has 0 bridgehead atoms. The van der Waals surface area contributed by atoms with Crippen molar-refractivity contribution in [1.29, 1.82) is 0 Å². The lowest BCUT2D eigenvalue weighted by molar-refractivity contribution is -0.147. The van der Waals surface area contributed by atoms with Crippen LogP contribution in [0.25, 0.3) is 11.1 Å². The van der Waals surface area contributed by atoms with E-state index >= 15 is 0 Å². The summed E-state index contributed by atoms with van der Waals surface area (Å²) in [7, 11) is 0. The summed E-state index contributed by atoms with van der Waals surface area (Å²) in [5, 5.41) is 12.0. The van der Waals surface area contributed by atoms with E-state index in [-0.39, 0.29) is 24.0 Å². The summed E-state index contributed by atoms with van der Waals surface area (Å²) in [5.74, 6) is -2.56. The molecule has 0 saturated heterocycles. The van der Waals surface area contributed by atoms with Crippen molar-refractivity contribution in [2.45, 2.75) is 32.7 Å². The fourth-order valence-electron chi connectivity index (χ4n) is 3.61. The molecule has 8 nitrogen and oxygen atoms in total. The van der Waals surface area contributed by atoms with Gasteiger partial charge in [-0.1, -0.05) is 61.5 Å². The second-order valence-corrected chi connectivity index (χ2v) is 7.92. The van der Waals surface area contributed by atoms with Gasteiger partial charge >= 0.3 is 11.9 Å². The van der Waals surface area contributed by atoms with Gasteiger partial charge in [-0.05, 0) is 36.5 Å². The van der Waals surface area contributed by atoms with Crippen molar-refractivity contribution in [2.75, 3.05) is 6.61 Å². The number of aromatic nitrogens is 2. The van der Waals surface area contributed by atoms with E-state index in [0.29, 0.717) is 12.8 Å². The summed E-state index contributed by atoms with van der Waals surface area (Å²) in [6.45, 7) is 3.77. The molecule has 0 aliphatic heterocycles. The summed E-state index contributed by atoms with van der Waals surface area (Å²) in [4.78, 5) is 43.7. The minimum atomic E-state index is -1.25. The van der Waals surface area contributed by atoms with Gasteiger partial charge in [0.15, 0.2) is 5.69 Å². The Morgan fingerprint density at radius 3 is 2.26 bits per heavy atom. The number of nitrogens with zero attached hydrogens (tertiary/aromatic N) is 2. The molecule has 0 aliphatic carbocycles. The third kappa shape index (κ3) is 6.71. The number of hydrogen-bond donors (Lipinski definition) is 2. The van der Waals surface area contributed by atoms with Crippen LogP contribution in [0.5, 0.6) is 0 Å². The monoisotopic (exact) mass is 461 g/mol. The average Bonchev–Trinajstić information content (AvgIpc) is 2.85. The minimum Gasteiger partial charge on any atom is -0.477 e. The Hall–Kier alpha value is -4.07. The number of esters is 1. The van der Waals surface area contributed by atoms with E-state index in [2.05, 4.69) is 15.3 Å². The largest absolute Gasteiger partial charge is 0.477 e. The summed E-state index contributed by atoms with van der Waals surface area (Å²) < 4.78 is 5.11. The molecule has 1 amide bonds. The molecule has 1 heterocycles. The van der Waals surface area contributed by atoms with Crippen molar-refractivity contribution in [3.05, 3.63) is 83.9 Å². The normalized spacial score (nSPS) is 12.4. The van der Waals surface area contributed by atoms with Gasteiger partial charge in [0.25, 0.3) is 5.91 Å². The predicted molar refractivity (Wildman–Crippen MR) is 126 cm³/mol. The van der Waals surface area contributed by atoms with Crippen LogP contribution in [-0.2, 0) is 16.0 Å². The highest BCUT2D eigenvalue weighted by Crippen LogP contribution is 2.21. The van der Waals surface area contributed by atoms with Crippen LogP contribution in [0.1, 0.15) is 46.8 Å². The molecule has 0 fully saturated rings. The highest BCUT2D eigenvalue weighted by atomic mass is 16.5. The molecule has 3 aromatic rings. The lowest BCUT2D eigenvalue weighted by Gasteiger charge is -2.22. The van der Waals surface area contributed by atoms with E-state index in [1.807, 2.05) is 54.6 Å². The van der Waals surface area contributed by atoms with Gasteiger partial charge in [0.1, 0.15) is 12.0 Å². The highest BCUT2D eigenvalue weighted by Gasteiger charge is 2.23. The second kappa shape index (κ2) is 11.7. The van der Waals surface area contributed by atoms with E-state index in [1.165, 1.54) is 0 Å². The van der Waals surface area contributed by atoms with Crippen molar-refractivity contribution in [3.63, 3.8) is 0 Å². The number of carboxylic acids is 1. The summed E-state index contributed by atoms with van der Waals surface area (Å²) in [6.07, 6.45) is 1.86. The Kier molecular flexibility index (Phi) is 8.45. The first-order valence-electron chi connectivity index (χ1n) is 11.0. The van der Waals surface area contributed by atoms with Crippen LogP contribution in [0.4, 0.5) is 0 Å². The number of hydrogen-bond acceptors (Lipinski definition) is 6. The third-order valence-corrected chi connectivity index (χ3v) is 5.32. The van der Waals surface area contributed by atoms with Crippen molar-refractivity contribution in [3.8, 4) is 11.1 Å². The SMILES string of the molecule is CCOC(=O)[C@H](C)C[C@@H](Cc1ccc(-c2ccccc2)cc1)NC(=O)c1cc(C(=O)O)ncn1. The zero-order chi connectivity index (χ0) is 24.5. The smallest absolute Gasteiger partial charge is 0.354 e. The lowest BCUT2D eigenvalue weighted by atomic mass is 9.94. The van der Waals surface area contributed by atoms with Gasteiger partial charge in [-0.15, -0.1) is 0 Å². The second-order valence-electron chi connectivity index (χ2n) is 7.92. The van der Waals surface area contributed by atoms with Crippen LogP contribution in [0.2, 0.25) is 0 Å². The summed E-state index contributed by atoms with van der Waals surface area (Å²) in [5.41, 5.74) is 2.84. The summed E-state index contributed by atoms with van der Waals surface area (Å²) in [6, 6.07) is 18.7. The maximum atomic E-state index is 12.8. The maximum Gasteiger partial charge on any atom is 0.354 e. The molecular weight excluding hydrogens is 434 g/mol. The van der Waals surface area contributed by atoms with Crippen LogP contribution in [0.3, 0.4) is 0 Å². The van der Waals surface area contributed by atoms with Crippen molar-refractivity contribution in [1.82, 2.24) is 15.3 Å². The number of carbonyl (C=O) groups excluding carboxylic acids is 2. The summed E-state index contributed by atoms with van der Waals surface area (Å²) >= 11 is 0. The average molecular weight is 462 g/mol. The Labute approximate surface area is 198 Å². The molecular formula is C26H27N3O5. The molecule has 2 aromatic carbocycles. The number of carboxylic acid groups (broad SMARTS) is 1. The number of rotatable bonds is 10. The van der Waals surface area contributed by atoms with Crippen LogP contribution >= 0.6 is 0 Å². The first-order chi connectivity index (χ1) is 16.4. The molecule has 2 N–H and O–H groups in total. The van der Waals surface area contributed by atoms with E-state index in [4.69, 9.17) is 9.84 Å². The molecule has 1 aromatic heterocycles. The maximum absolute atomic E-state index is 12.8. The van der Waals surface area contributed by atoms with Gasteiger partial charge in [0.05, 0.1) is 12.5 Å². The standard InChI is InChI=1S/C26H27N3O5/c1-3-34-26(33)17(2)13-21(29-24(30)22-15-23(25(31)32)28-16-27-22)14-18-9-11-20(12-10-18)19-7-5-4-6-8-19/h4-12,15-17,21H,3,13-14H2,1-2H3,(H,29,30)(H,31,32)/t17-,21+/m1/s1. The molecule has 0 unspecified atom stereocenters. The number of amides is 1. The zero-order valence-corrected chi connectivity index (χ0v) is 19.1. The first kappa shape index (κ1) is 24.6. The highest BCUT2D eigenvalue weighted by molar-refractivity contribution is 5.95. The van der Waals surface area contributed by atoms with Crippen molar-refractivity contribution >= 4 is 17.8 Å². The van der Waals surface area contributed by atoms with E-state index in [1.54, 1.807) is 13.8 Å². The Morgan fingerprint density at radius 1 is 0.971 bits per heavy atom. The molecule has 2 atom stereocenters. The van der Waals surface area contributed by atoms with Gasteiger partial charge in [0, 0.05) is 12.1 Å². The quantitative estimate of drug-likeness (QED) is 0.441. The van der Waals surface area contributed by atoms with E-state index in [9.17, 15) is 14.4 Å². The number of ether oxygens (including phenoxy) is 1. The Balaban J connectivity index is 1.77. The van der Waals surface area contributed by atoms with Crippen LogP contribution in [-0.4, -0.2) is 45.6 Å². The number of benzene rings is 2. The topological polar surface area (TPSA) is 118 Å². The molecule has 34 heavy (non-hydrogen) atoms. The third-order valence-electron chi connectivity index (χ3n) is 5.32. The first-order valence-corrected chi connectivity index (χ1v) is 11.0. The van der Waals surface area contributed by atoms with Gasteiger partial charge in [-0.2, -0.15) is 0 Å². The van der Waals surface area contributed by atoms with Crippen LogP contribution < -0.4 is 5.32 Å². The molecule has 0 radical (unpaired) electrons. The van der Waals surface area contributed by atoms with Gasteiger partial charge in [0.2, 0.25) is 0 Å². The van der Waals surface area contributed by atoms with E-state index < -0.39 is 23.8 Å². The predicted octanol–water partition coefficient (Wildman–Crippen LogP) is 3.77. The molecule has 0 spiro atoms. The van der Waals surface area contributed by atoms with E-state index in [0.717, 1.165) is 29.1 Å². The molecule has 0 aliphatic rings. The fraction of sp³-hybridized carbons (Fsp3) is 0.269. The zero-order valence-electron chi connectivity index (χ0n) is 19.1. The van der Waals surface area contributed by atoms with Gasteiger partial charge in [-0.3, -0.25) is 9.59 Å². The van der Waals surface area contributed by atoms with Gasteiger partial charge < -0.3 is 15.2 Å². The fourth-order valence-corrected chi connectivity index (χ4v) is 3.61. The Morgan fingerprint density at radius 2 is 1.62 bits per heavy atom. The number of carbonyl (C=O) groups is 3. The molecule has 0 saturated carbocycles. The van der Waals surface area contributed by atoms with Crippen molar-refractivity contribution in [2.24, 2.45) is 5.92 Å². The molecule has 8 heteroatoms. The lowest BCUT2D eigenvalue weighted by Crippen LogP contribution is -2.39. The number of aromatic carboxylic acids is 1. The minimum absolute atomic E-state index is 0.0550. The van der Waals surface area contributed by atoms with Crippen LogP contribution in [0, 0.1) is 5.92 Å². The van der Waals surface area contributed by atoms with Crippen molar-refractivity contribution < 1.29 is 24.2 Å². The molecule has 3 rings (SSSR count). The molecule has 176 valence electrons. The number of nitrogens with one attached hydrogen (secondary N) is 1.